The predicted octanol–water partition coefficient (Wildman–Crippen LogP) is 5.60. The van der Waals surface area contributed by atoms with E-state index in [0.717, 1.165) is 57.1 Å². The van der Waals surface area contributed by atoms with Gasteiger partial charge < -0.3 is 24.9 Å². The van der Waals surface area contributed by atoms with E-state index in [9.17, 15) is 28.8 Å². The highest BCUT2D eigenvalue weighted by Crippen LogP contribution is 2.32. The summed E-state index contributed by atoms with van der Waals surface area (Å²) in [6.07, 6.45) is 7.01. The number of H-pyrrole nitrogens is 1. The molecule has 15 heteroatoms. The van der Waals surface area contributed by atoms with Gasteiger partial charge in [0.2, 0.25) is 17.7 Å². The van der Waals surface area contributed by atoms with Crippen LogP contribution in [-0.4, -0.2) is 142 Å². The van der Waals surface area contributed by atoms with Gasteiger partial charge in [-0.05, 0) is 80.0 Å². The zero-order valence-corrected chi connectivity index (χ0v) is 39.4. The molecule has 8 rings (SSSR count). The first-order valence-electron chi connectivity index (χ1n) is 24.2. The largest absolute Gasteiger partial charge is 0.342 e. The van der Waals surface area contributed by atoms with Gasteiger partial charge in [0.05, 0.1) is 23.2 Å². The molecule has 0 unspecified atom stereocenters. The van der Waals surface area contributed by atoms with Crippen molar-refractivity contribution in [2.45, 2.75) is 97.1 Å². The van der Waals surface area contributed by atoms with E-state index < -0.39 is 23.2 Å². The third-order valence-corrected chi connectivity index (χ3v) is 14.4. The Balaban J connectivity index is 0.845. The van der Waals surface area contributed by atoms with Gasteiger partial charge in [-0.3, -0.25) is 33.7 Å². The summed E-state index contributed by atoms with van der Waals surface area (Å²) in [6.45, 7) is 11.9. The Labute approximate surface area is 392 Å². The third-order valence-electron chi connectivity index (χ3n) is 14.4. The molecule has 2 N–H and O–H groups in total. The second-order valence-electron chi connectivity index (χ2n) is 20.1. The van der Waals surface area contributed by atoms with Gasteiger partial charge in [-0.1, -0.05) is 76.4 Å². The number of piperazine rings is 2. The lowest BCUT2D eigenvalue weighted by molar-refractivity contribution is -0.141. The molecule has 0 spiro atoms. The number of nitrogens with one attached hydrogen (secondary N) is 2. The molecule has 3 aromatic carbocycles. The Kier molecular flexibility index (Phi) is 14.5. The topological polar surface area (TPSA) is 159 Å². The number of benzene rings is 3. The van der Waals surface area contributed by atoms with Crippen LogP contribution in [0, 0.1) is 17.2 Å². The smallest absolute Gasteiger partial charge is 0.272 e. The van der Waals surface area contributed by atoms with Crippen molar-refractivity contribution >= 4 is 40.3 Å². The number of hydrogen-bond acceptors (Lipinski definition) is 8. The minimum atomic E-state index is -0.658. The minimum absolute atomic E-state index is 0.0323. The molecule has 3 aliphatic heterocycles. The van der Waals surface area contributed by atoms with Crippen LogP contribution in [0.4, 0.5) is 4.39 Å². The lowest BCUT2D eigenvalue weighted by atomic mass is 9.83. The highest BCUT2D eigenvalue weighted by Gasteiger charge is 2.38. The molecule has 1 saturated carbocycles. The highest BCUT2D eigenvalue weighted by molar-refractivity contribution is 5.98. The summed E-state index contributed by atoms with van der Waals surface area (Å²) in [5, 5.41) is 11.1. The second-order valence-corrected chi connectivity index (χ2v) is 20.1. The number of carbonyl (C=O) groups is 5. The van der Waals surface area contributed by atoms with Crippen LogP contribution in [0.1, 0.15) is 116 Å². The molecule has 4 aliphatic rings. The molecule has 3 atom stereocenters. The zero-order valence-electron chi connectivity index (χ0n) is 39.4. The second kappa shape index (κ2) is 20.5. The number of hydrogen-bond donors (Lipinski definition) is 2. The molecular formula is C52H65FN8O6. The van der Waals surface area contributed by atoms with E-state index >= 15 is 4.39 Å². The first kappa shape index (κ1) is 47.5. The number of piperidine rings is 1. The fraction of sp³-hybridized carbons (Fsp3) is 0.519. The molecule has 14 nitrogen and oxygen atoms in total. The Morgan fingerprint density at radius 3 is 2.22 bits per heavy atom. The number of nitrogens with zero attached hydrogens (tertiary/aromatic N) is 6. The molecule has 356 valence electrons. The monoisotopic (exact) mass is 917 g/mol. The Hall–Kier alpha value is -5.96. The number of rotatable bonds is 10. The van der Waals surface area contributed by atoms with E-state index in [4.69, 9.17) is 0 Å². The van der Waals surface area contributed by atoms with E-state index in [1.807, 2.05) is 67.8 Å². The van der Waals surface area contributed by atoms with Gasteiger partial charge in [-0.25, -0.2) is 9.49 Å². The van der Waals surface area contributed by atoms with Crippen LogP contribution in [0.5, 0.6) is 0 Å². The number of amides is 5. The number of aromatic nitrogens is 2. The van der Waals surface area contributed by atoms with Gasteiger partial charge in [0.15, 0.2) is 0 Å². The average Bonchev–Trinajstić information content (AvgIpc) is 3.34. The predicted molar refractivity (Wildman–Crippen MR) is 254 cm³/mol. The van der Waals surface area contributed by atoms with E-state index in [1.165, 1.54) is 12.1 Å². The van der Waals surface area contributed by atoms with Gasteiger partial charge in [0.25, 0.3) is 17.4 Å². The maximum absolute atomic E-state index is 15.2. The molecule has 1 aromatic heterocycles. The van der Waals surface area contributed by atoms with Crippen LogP contribution in [0.15, 0.2) is 71.5 Å². The van der Waals surface area contributed by atoms with E-state index in [2.05, 4.69) is 20.4 Å². The zero-order chi connectivity index (χ0) is 47.4. The molecular weight excluding hydrogens is 852 g/mol. The van der Waals surface area contributed by atoms with Crippen molar-refractivity contribution in [2.75, 3.05) is 65.4 Å². The van der Waals surface area contributed by atoms with Crippen molar-refractivity contribution in [2.24, 2.45) is 11.3 Å². The number of halogens is 1. The van der Waals surface area contributed by atoms with Crippen molar-refractivity contribution in [1.29, 1.82) is 0 Å². The Bertz CT molecular complexity index is 2540. The van der Waals surface area contributed by atoms with Crippen molar-refractivity contribution in [1.82, 2.24) is 40.0 Å². The molecule has 4 fully saturated rings. The molecule has 5 amide bonds. The normalized spacial score (nSPS) is 20.4. The first-order valence-corrected chi connectivity index (χ1v) is 24.2. The van der Waals surface area contributed by atoms with Gasteiger partial charge in [-0.15, -0.1) is 0 Å². The van der Waals surface area contributed by atoms with Crippen LogP contribution < -0.4 is 10.9 Å². The lowest BCUT2D eigenvalue weighted by Crippen LogP contribution is -2.61. The standard InChI is InChI=1S/C52H65FN8O6/c1-34-31-60(50(66)46(36-12-6-5-7-13-36)54-47(63)38-15-10-14-37(30-38)39-16-11-21-61(32-39)51(67)52(2,3)4)27-26-59(34)33-45(62)57-22-24-58(25-23-57)49(65)42-28-35(19-20-43(42)53)29-44-40-17-8-9-18-41(40)48(64)56-55-44/h8-10,14-15,17-20,28,30,34,36,39,46H,5-7,11-13,16,21-27,29,31-33H2,1-4H3,(H,54,63)(H,56,64)/t34-,39-,46-/m1/s1. The molecule has 0 radical (unpaired) electrons. The summed E-state index contributed by atoms with van der Waals surface area (Å²) in [4.78, 5) is 90.4. The molecule has 1 aliphatic carbocycles. The van der Waals surface area contributed by atoms with Gasteiger partial charge in [0.1, 0.15) is 11.9 Å². The van der Waals surface area contributed by atoms with Gasteiger partial charge in [0, 0.05) is 93.6 Å². The van der Waals surface area contributed by atoms with Crippen LogP contribution >= 0.6 is 0 Å². The van der Waals surface area contributed by atoms with Gasteiger partial charge >= 0.3 is 0 Å². The first-order chi connectivity index (χ1) is 32.1. The van der Waals surface area contributed by atoms with Crippen LogP contribution in [0.3, 0.4) is 0 Å². The van der Waals surface area contributed by atoms with Crippen molar-refractivity contribution in [3.63, 3.8) is 0 Å². The minimum Gasteiger partial charge on any atom is -0.342 e. The maximum Gasteiger partial charge on any atom is 0.272 e. The molecule has 4 aromatic rings. The maximum atomic E-state index is 15.2. The fourth-order valence-electron chi connectivity index (χ4n) is 10.5. The Morgan fingerprint density at radius 2 is 1.49 bits per heavy atom. The van der Waals surface area contributed by atoms with Crippen LogP contribution in [-0.2, 0) is 20.8 Å². The molecule has 4 heterocycles. The quantitative estimate of drug-likeness (QED) is 0.208. The van der Waals surface area contributed by atoms with Crippen LogP contribution in [0.2, 0.25) is 0 Å². The summed E-state index contributed by atoms with van der Waals surface area (Å²) in [7, 11) is 0. The van der Waals surface area contributed by atoms with E-state index in [0.29, 0.717) is 66.9 Å². The summed E-state index contributed by atoms with van der Waals surface area (Å²) in [5.74, 6) is -1.19. The number of likely N-dealkylation sites (tertiary alicyclic amines) is 1. The summed E-state index contributed by atoms with van der Waals surface area (Å²) < 4.78 is 15.2. The summed E-state index contributed by atoms with van der Waals surface area (Å²) in [5.41, 5.74) is 2.02. The lowest BCUT2D eigenvalue weighted by Gasteiger charge is -2.43. The molecule has 3 saturated heterocycles. The highest BCUT2D eigenvalue weighted by atomic mass is 19.1. The van der Waals surface area contributed by atoms with Crippen molar-refractivity contribution < 1.29 is 28.4 Å². The average molecular weight is 917 g/mol. The summed E-state index contributed by atoms with van der Waals surface area (Å²) in [6, 6.07) is 18.5. The number of aromatic amines is 1. The SMILES string of the molecule is C[C@@H]1CN(C(=O)[C@H](NC(=O)c2cccc([C@@H]3CCCN(C(=O)C(C)(C)C)C3)c2)C2CCCCC2)CCN1CC(=O)N1CCN(C(=O)c2cc(Cc3n[nH]c(=O)c4ccccc34)ccc2F)CC1. The third kappa shape index (κ3) is 10.9. The Morgan fingerprint density at radius 1 is 0.776 bits per heavy atom. The summed E-state index contributed by atoms with van der Waals surface area (Å²) >= 11 is 0. The van der Waals surface area contributed by atoms with Crippen LogP contribution in [0.25, 0.3) is 10.8 Å². The van der Waals surface area contributed by atoms with E-state index in [-0.39, 0.29) is 78.7 Å². The van der Waals surface area contributed by atoms with E-state index in [1.54, 1.807) is 34.1 Å². The molecule has 0 bridgehead atoms. The number of carbonyl (C=O) groups excluding carboxylic acids is 5. The molecule has 67 heavy (non-hydrogen) atoms. The fourth-order valence-corrected chi connectivity index (χ4v) is 10.5. The van der Waals surface area contributed by atoms with Crippen molar-refractivity contribution in [3.8, 4) is 0 Å². The van der Waals surface area contributed by atoms with Crippen molar-refractivity contribution in [3.05, 3.63) is 111 Å². The number of fused-ring (bicyclic) bond motifs is 1. The van der Waals surface area contributed by atoms with Gasteiger partial charge in [-0.2, -0.15) is 5.10 Å².